The third-order valence-corrected chi connectivity index (χ3v) is 8.84. The topological polar surface area (TPSA) is 115 Å². The molecule has 1 fully saturated rings. The Morgan fingerprint density at radius 2 is 1.76 bits per heavy atom. The highest BCUT2D eigenvalue weighted by Crippen LogP contribution is 2.53. The van der Waals surface area contributed by atoms with Gasteiger partial charge in [-0.05, 0) is 55.8 Å². The first kappa shape index (κ1) is 26.3. The number of H-pyrrole nitrogens is 1. The average molecular weight is 575 g/mol. The first-order valence-electron chi connectivity index (χ1n) is 11.9. The SMILES string of the molecule is CCOC(=O)COc1ccc([C@H]2c3sc(=O)[nH]c3SC3C(=O)N(c4ccc(Cl)cc4)C(=O)C32)cc1OCC. The van der Waals surface area contributed by atoms with Crippen LogP contribution in [0.3, 0.4) is 0 Å². The normalized spacial score (nSPS) is 20.2. The van der Waals surface area contributed by atoms with Crippen LogP contribution < -0.4 is 19.2 Å². The quantitative estimate of drug-likeness (QED) is 0.314. The second-order valence-electron chi connectivity index (χ2n) is 8.47. The average Bonchev–Trinajstić information content (AvgIpc) is 3.38. The van der Waals surface area contributed by atoms with Crippen molar-refractivity contribution in [3.63, 3.8) is 0 Å². The largest absolute Gasteiger partial charge is 0.490 e. The summed E-state index contributed by atoms with van der Waals surface area (Å²) in [6, 6.07) is 11.7. The number of halogens is 1. The molecule has 1 saturated heterocycles. The number of imide groups is 1. The predicted octanol–water partition coefficient (Wildman–Crippen LogP) is 4.23. The Labute approximate surface area is 231 Å². The standard InChI is InChI=1S/C26H23ClN2O7S2/c1-3-34-17-11-13(5-10-16(17)36-12-18(30)35-4-2)19-20-22(37-23-21(19)38-26(33)28-23)25(32)29(24(20)31)15-8-6-14(27)7-9-15/h5-11,19-20,22H,3-4,12H2,1-2H3,(H,28,33)/t19-,20?,22?/m1/s1. The highest BCUT2D eigenvalue weighted by atomic mass is 35.5. The van der Waals surface area contributed by atoms with E-state index in [0.29, 0.717) is 44.3 Å². The number of aromatic amines is 1. The van der Waals surface area contributed by atoms with Crippen LogP contribution in [0.25, 0.3) is 0 Å². The van der Waals surface area contributed by atoms with Crippen molar-refractivity contribution in [2.24, 2.45) is 5.92 Å². The number of fused-ring (bicyclic) bond motifs is 2. The Balaban J connectivity index is 1.55. The van der Waals surface area contributed by atoms with Crippen LogP contribution in [-0.4, -0.2) is 47.8 Å². The summed E-state index contributed by atoms with van der Waals surface area (Å²) in [5, 5.41) is 0.341. The molecule has 3 heterocycles. The molecule has 2 aliphatic heterocycles. The lowest BCUT2D eigenvalue weighted by molar-refractivity contribution is -0.145. The molecule has 0 spiro atoms. The van der Waals surface area contributed by atoms with E-state index in [0.717, 1.165) is 11.3 Å². The Morgan fingerprint density at radius 1 is 1.00 bits per heavy atom. The molecule has 3 aromatic rings. The van der Waals surface area contributed by atoms with Crippen molar-refractivity contribution >= 4 is 58.2 Å². The molecular weight excluding hydrogens is 552 g/mol. The zero-order valence-corrected chi connectivity index (χ0v) is 22.8. The van der Waals surface area contributed by atoms with Gasteiger partial charge in [0.1, 0.15) is 5.25 Å². The summed E-state index contributed by atoms with van der Waals surface area (Å²) in [5.74, 6) is -1.83. The van der Waals surface area contributed by atoms with Crippen LogP contribution in [0.4, 0.5) is 5.69 Å². The molecule has 38 heavy (non-hydrogen) atoms. The highest BCUT2D eigenvalue weighted by Gasteiger charge is 2.56. The summed E-state index contributed by atoms with van der Waals surface area (Å²) >= 11 is 8.24. The van der Waals surface area contributed by atoms with Crippen LogP contribution in [0, 0.1) is 5.92 Å². The maximum absolute atomic E-state index is 13.8. The summed E-state index contributed by atoms with van der Waals surface area (Å²) < 4.78 is 16.3. The fourth-order valence-corrected chi connectivity index (χ4v) is 7.31. The van der Waals surface area contributed by atoms with Crippen LogP contribution >= 0.6 is 34.7 Å². The lowest BCUT2D eigenvalue weighted by Crippen LogP contribution is -2.32. The van der Waals surface area contributed by atoms with Gasteiger partial charge in [-0.25, -0.2) is 9.69 Å². The Bertz CT molecular complexity index is 1450. The molecule has 5 rings (SSSR count). The minimum Gasteiger partial charge on any atom is -0.490 e. The lowest BCUT2D eigenvalue weighted by Gasteiger charge is -2.30. The number of aromatic nitrogens is 1. The number of nitrogens with one attached hydrogen (secondary N) is 1. The van der Waals surface area contributed by atoms with Crippen LogP contribution in [0.1, 0.15) is 30.2 Å². The molecule has 0 bridgehead atoms. The number of benzene rings is 2. The van der Waals surface area contributed by atoms with E-state index >= 15 is 0 Å². The van der Waals surface area contributed by atoms with Gasteiger partial charge in [0.2, 0.25) is 11.8 Å². The molecule has 1 N–H and O–H groups in total. The first-order chi connectivity index (χ1) is 18.3. The van der Waals surface area contributed by atoms with Gasteiger partial charge in [0.15, 0.2) is 18.1 Å². The number of hydrogen-bond acceptors (Lipinski definition) is 9. The molecule has 2 unspecified atom stereocenters. The van der Waals surface area contributed by atoms with Crippen molar-refractivity contribution in [1.29, 1.82) is 0 Å². The van der Waals surface area contributed by atoms with Crippen LogP contribution in [-0.2, 0) is 19.1 Å². The third-order valence-electron chi connectivity index (χ3n) is 6.19. The second kappa shape index (κ2) is 10.8. The number of nitrogens with zero attached hydrogens (tertiary/aromatic N) is 1. The van der Waals surface area contributed by atoms with Crippen LogP contribution in [0.5, 0.6) is 11.5 Å². The van der Waals surface area contributed by atoms with E-state index in [4.69, 9.17) is 25.8 Å². The Hall–Kier alpha value is -3.28. The van der Waals surface area contributed by atoms with Gasteiger partial charge < -0.3 is 19.2 Å². The van der Waals surface area contributed by atoms with Crippen molar-refractivity contribution < 1.29 is 28.6 Å². The molecule has 2 amide bonds. The summed E-state index contributed by atoms with van der Waals surface area (Å²) in [6.07, 6.45) is 0. The van der Waals surface area contributed by atoms with Crippen molar-refractivity contribution in [2.75, 3.05) is 24.7 Å². The van der Waals surface area contributed by atoms with Crippen LogP contribution in [0.2, 0.25) is 5.02 Å². The molecule has 1 aromatic heterocycles. The number of thioether (sulfide) groups is 1. The number of carbonyl (C=O) groups excluding carboxylic acids is 3. The molecule has 198 valence electrons. The molecule has 9 nitrogen and oxygen atoms in total. The highest BCUT2D eigenvalue weighted by molar-refractivity contribution is 8.00. The zero-order chi connectivity index (χ0) is 27.0. The molecule has 2 aromatic carbocycles. The maximum atomic E-state index is 13.8. The molecule has 0 aliphatic carbocycles. The van der Waals surface area contributed by atoms with E-state index in [-0.39, 0.29) is 29.9 Å². The summed E-state index contributed by atoms with van der Waals surface area (Å²) in [7, 11) is 0. The van der Waals surface area contributed by atoms with Crippen molar-refractivity contribution in [3.05, 3.63) is 67.6 Å². The van der Waals surface area contributed by atoms with Gasteiger partial charge in [-0.1, -0.05) is 40.8 Å². The van der Waals surface area contributed by atoms with Crippen molar-refractivity contribution in [1.82, 2.24) is 4.98 Å². The zero-order valence-electron chi connectivity index (χ0n) is 20.4. The van der Waals surface area contributed by atoms with E-state index < -0.39 is 23.1 Å². The summed E-state index contributed by atoms with van der Waals surface area (Å²) in [6.45, 7) is 3.80. The number of ether oxygens (including phenoxy) is 3. The number of amides is 2. The number of esters is 1. The fourth-order valence-electron chi connectivity index (χ4n) is 4.67. The maximum Gasteiger partial charge on any atom is 0.344 e. The van der Waals surface area contributed by atoms with Gasteiger partial charge in [0.25, 0.3) is 0 Å². The summed E-state index contributed by atoms with van der Waals surface area (Å²) in [4.78, 5) is 55.9. The van der Waals surface area contributed by atoms with Gasteiger partial charge in [-0.2, -0.15) is 0 Å². The van der Waals surface area contributed by atoms with Gasteiger partial charge in [0.05, 0.1) is 29.8 Å². The minimum absolute atomic E-state index is 0.239. The van der Waals surface area contributed by atoms with Crippen LogP contribution in [0.15, 0.2) is 52.3 Å². The number of rotatable bonds is 8. The third kappa shape index (κ3) is 4.81. The molecule has 12 heteroatoms. The van der Waals surface area contributed by atoms with E-state index in [1.165, 1.54) is 16.7 Å². The molecular formula is C26H23ClN2O7S2. The fraction of sp³-hybridized carbons (Fsp3) is 0.308. The van der Waals surface area contributed by atoms with Gasteiger partial charge in [-0.15, -0.1) is 0 Å². The Kier molecular flexibility index (Phi) is 7.51. The van der Waals surface area contributed by atoms with E-state index in [2.05, 4.69) is 4.98 Å². The first-order valence-corrected chi connectivity index (χ1v) is 14.0. The Morgan fingerprint density at radius 3 is 2.47 bits per heavy atom. The number of carbonyl (C=O) groups is 3. The van der Waals surface area contributed by atoms with Gasteiger partial charge in [-0.3, -0.25) is 14.4 Å². The second-order valence-corrected chi connectivity index (χ2v) is 11.1. The molecule has 0 radical (unpaired) electrons. The van der Waals surface area contributed by atoms with Gasteiger partial charge >= 0.3 is 10.8 Å². The smallest absolute Gasteiger partial charge is 0.344 e. The predicted molar refractivity (Wildman–Crippen MR) is 144 cm³/mol. The van der Waals surface area contributed by atoms with Gasteiger partial charge in [0, 0.05) is 15.8 Å². The van der Waals surface area contributed by atoms with Crippen molar-refractivity contribution in [2.45, 2.75) is 30.0 Å². The van der Waals surface area contributed by atoms with E-state index in [9.17, 15) is 19.2 Å². The molecule has 3 atom stereocenters. The lowest BCUT2D eigenvalue weighted by atomic mass is 9.83. The minimum atomic E-state index is -0.747. The number of anilines is 1. The molecule has 0 saturated carbocycles. The number of hydrogen-bond donors (Lipinski definition) is 1. The number of thiazole rings is 1. The van der Waals surface area contributed by atoms with E-state index in [1.54, 1.807) is 49.4 Å². The van der Waals surface area contributed by atoms with Crippen molar-refractivity contribution in [3.8, 4) is 11.5 Å². The molecule has 2 aliphatic rings. The monoisotopic (exact) mass is 574 g/mol. The summed E-state index contributed by atoms with van der Waals surface area (Å²) in [5.41, 5.74) is 1.12. The van der Waals surface area contributed by atoms with E-state index in [1.807, 2.05) is 6.92 Å².